The van der Waals surface area contributed by atoms with Crippen LogP contribution in [0.25, 0.3) is 17.2 Å². The van der Waals surface area contributed by atoms with Crippen LogP contribution in [0.5, 0.6) is 0 Å². The van der Waals surface area contributed by atoms with Crippen molar-refractivity contribution < 1.29 is 42.9 Å². The first-order valence-corrected chi connectivity index (χ1v) is 14.1. The molecule has 0 bridgehead atoms. The highest BCUT2D eigenvalue weighted by atomic mass is 31.2. The van der Waals surface area contributed by atoms with Gasteiger partial charge in [0.2, 0.25) is 0 Å². The lowest BCUT2D eigenvalue weighted by molar-refractivity contribution is -0.203. The molecular weight excluding hydrogens is 547 g/mol. The summed E-state index contributed by atoms with van der Waals surface area (Å²) in [4.78, 5) is 47.8. The number of rotatable bonds is 10. The van der Waals surface area contributed by atoms with Gasteiger partial charge in [-0.1, -0.05) is 36.4 Å². The number of carbonyl (C=O) groups is 2. The number of imidazole rings is 1. The Balaban J connectivity index is 1.40. The molecule has 2 amide bonds. The number of nitrogens with zero attached hydrogens (tertiary/aromatic N) is 4. The summed E-state index contributed by atoms with van der Waals surface area (Å²) in [6.45, 7) is 1.70. The van der Waals surface area contributed by atoms with Gasteiger partial charge in [-0.25, -0.2) is 19.7 Å². The number of hydrogen-bond donors (Lipinski definition) is 3. The van der Waals surface area contributed by atoms with Crippen molar-refractivity contribution in [2.45, 2.75) is 37.8 Å². The first-order valence-electron chi connectivity index (χ1n) is 12.3. The average molecular weight is 573 g/mol. The first kappa shape index (κ1) is 27.8. The number of ether oxygens (including phenoxy) is 3. The Morgan fingerprint density at radius 1 is 1.18 bits per heavy atom. The summed E-state index contributed by atoms with van der Waals surface area (Å²) in [5, 5.41) is 14.1. The zero-order chi connectivity index (χ0) is 28.3. The lowest BCUT2D eigenvalue weighted by Crippen LogP contribution is -2.32. The molecule has 6 atom stereocenters. The van der Waals surface area contributed by atoms with Gasteiger partial charge in [-0.2, -0.15) is 0 Å². The summed E-state index contributed by atoms with van der Waals surface area (Å²) in [5.41, 5.74) is 1.53. The van der Waals surface area contributed by atoms with Crippen LogP contribution in [0.1, 0.15) is 18.7 Å². The monoisotopic (exact) mass is 573 g/mol. The summed E-state index contributed by atoms with van der Waals surface area (Å²) in [5.74, 6) is -1.35. The minimum absolute atomic E-state index is 0.178. The quantitative estimate of drug-likeness (QED) is 0.295. The molecule has 2 fully saturated rings. The summed E-state index contributed by atoms with van der Waals surface area (Å²) in [6.07, 6.45) is 0.954. The topological polar surface area (TPSA) is 199 Å². The van der Waals surface area contributed by atoms with Crippen LogP contribution in [0.3, 0.4) is 0 Å². The molecule has 0 radical (unpaired) electrons. The Kier molecular flexibility index (Phi) is 8.21. The third kappa shape index (κ3) is 6.20. The number of amides is 2. The number of hydrogen-bond acceptors (Lipinski definition) is 11. The van der Waals surface area contributed by atoms with Gasteiger partial charge in [0.1, 0.15) is 38.4 Å². The van der Waals surface area contributed by atoms with E-state index in [4.69, 9.17) is 23.8 Å². The predicted octanol–water partition coefficient (Wildman–Crippen LogP) is 1.34. The maximum atomic E-state index is 12.1. The van der Waals surface area contributed by atoms with E-state index in [0.29, 0.717) is 17.7 Å². The average Bonchev–Trinajstić information content (AvgIpc) is 3.60. The first-order chi connectivity index (χ1) is 19.2. The Bertz CT molecular complexity index is 1450. The number of fused-ring (bicyclic) bond motifs is 2. The van der Waals surface area contributed by atoms with Gasteiger partial charge < -0.3 is 38.6 Å². The van der Waals surface area contributed by atoms with E-state index in [0.717, 1.165) is 5.56 Å². The van der Waals surface area contributed by atoms with E-state index in [1.807, 2.05) is 36.4 Å². The van der Waals surface area contributed by atoms with E-state index >= 15 is 0 Å². The molecule has 4 heterocycles. The number of carboxylic acids is 1. The number of carboxylic acid groups (broad SMARTS) is 1. The highest BCUT2D eigenvalue weighted by Crippen LogP contribution is 2.43. The van der Waals surface area contributed by atoms with E-state index in [2.05, 4.69) is 25.6 Å². The maximum absolute atomic E-state index is 12.1. The third-order valence-electron chi connectivity index (χ3n) is 6.08. The summed E-state index contributed by atoms with van der Waals surface area (Å²) >= 11 is 0. The lowest BCUT2D eigenvalue weighted by Gasteiger charge is -2.25. The van der Waals surface area contributed by atoms with Crippen LogP contribution in [0, 0.1) is 0 Å². The van der Waals surface area contributed by atoms with Gasteiger partial charge in [-0.05, 0) is 18.6 Å². The number of aromatic nitrogens is 4. The Morgan fingerprint density at radius 2 is 1.95 bits per heavy atom. The number of anilines is 1. The maximum Gasteiger partial charge on any atom is 0.320 e. The Morgan fingerprint density at radius 3 is 2.70 bits per heavy atom. The minimum atomic E-state index is -4.68. The highest BCUT2D eigenvalue weighted by Gasteiger charge is 2.53. The largest absolute Gasteiger partial charge is 0.778 e. The van der Waals surface area contributed by atoms with Crippen LogP contribution in [-0.2, 0) is 28.1 Å². The van der Waals surface area contributed by atoms with Gasteiger partial charge in [0.15, 0.2) is 29.5 Å². The van der Waals surface area contributed by atoms with Crippen molar-refractivity contribution >= 4 is 42.7 Å². The number of nitrogens with one attached hydrogen (secondary N) is 2. The van der Waals surface area contributed by atoms with Crippen molar-refractivity contribution in [2.24, 2.45) is 0 Å². The summed E-state index contributed by atoms with van der Waals surface area (Å²) < 4.78 is 36.9. The Hall–Kier alpha value is -3.72. The van der Waals surface area contributed by atoms with Gasteiger partial charge in [-0.3, -0.25) is 14.7 Å². The summed E-state index contributed by atoms with van der Waals surface area (Å²) in [6, 6.07) is 9.03. The van der Waals surface area contributed by atoms with Crippen molar-refractivity contribution in [2.75, 3.05) is 24.6 Å². The second-order valence-corrected chi connectivity index (χ2v) is 10.7. The van der Waals surface area contributed by atoms with Crippen molar-refractivity contribution in [3.63, 3.8) is 0 Å². The normalized spacial score (nSPS) is 25.6. The van der Waals surface area contributed by atoms with E-state index in [9.17, 15) is 19.0 Å². The molecule has 212 valence electrons. The van der Waals surface area contributed by atoms with E-state index in [1.54, 1.807) is 17.6 Å². The molecule has 2 aromatic heterocycles. The van der Waals surface area contributed by atoms with Gasteiger partial charge in [0, 0.05) is 6.54 Å². The van der Waals surface area contributed by atoms with Crippen LogP contribution >= 0.6 is 7.60 Å². The molecule has 3 unspecified atom stereocenters. The van der Waals surface area contributed by atoms with Crippen LogP contribution in [0.15, 0.2) is 49.1 Å². The summed E-state index contributed by atoms with van der Waals surface area (Å²) in [7, 11) is -4.68. The standard InChI is InChI=1S/C24H27N6O9P/c1-2-25-24(33)29-21-18-22(27-12-26-21)30(13-28-18)23-20-19(15(37-23)10-36-40(34,35)11-16(31)32)38-17(39-20)9-8-14-6-4-3-5-7-14/h3-9,12-13,15,17,19-20,23H,2,10-11H2,1H3,(H,31,32)(H,34,35)(H2,25,26,27,29,33)/p-1/b9-8+/t15-,17+,19?,20?,23-/m1/s1. The number of carbonyl (C=O) groups excluding carboxylic acids is 1. The van der Waals surface area contributed by atoms with Crippen molar-refractivity contribution in [3.05, 3.63) is 54.6 Å². The third-order valence-corrected chi connectivity index (χ3v) is 7.28. The zero-order valence-corrected chi connectivity index (χ0v) is 22.0. The van der Waals surface area contributed by atoms with Gasteiger partial charge in [0.05, 0.1) is 12.9 Å². The lowest BCUT2D eigenvalue weighted by atomic mass is 10.1. The number of aliphatic carboxylic acids is 1. The van der Waals surface area contributed by atoms with Crippen molar-refractivity contribution in [1.82, 2.24) is 24.8 Å². The van der Waals surface area contributed by atoms with Gasteiger partial charge >= 0.3 is 12.0 Å². The molecule has 2 aliphatic heterocycles. The van der Waals surface area contributed by atoms with Crippen molar-refractivity contribution in [3.8, 4) is 0 Å². The molecule has 0 spiro atoms. The molecule has 40 heavy (non-hydrogen) atoms. The molecule has 0 aliphatic carbocycles. The van der Waals surface area contributed by atoms with Crippen molar-refractivity contribution in [1.29, 1.82) is 0 Å². The van der Waals surface area contributed by atoms with E-state index in [1.165, 1.54) is 12.7 Å². The van der Waals surface area contributed by atoms with E-state index in [-0.39, 0.29) is 5.82 Å². The predicted molar refractivity (Wildman–Crippen MR) is 137 cm³/mol. The fraction of sp³-hybridized carbons (Fsp3) is 0.375. The molecule has 15 nitrogen and oxygen atoms in total. The Labute approximate surface area is 227 Å². The fourth-order valence-electron chi connectivity index (χ4n) is 4.40. The molecule has 3 aromatic rings. The molecule has 2 saturated heterocycles. The fourth-order valence-corrected chi connectivity index (χ4v) is 5.20. The smallest absolute Gasteiger partial charge is 0.320 e. The second-order valence-electron chi connectivity index (χ2n) is 8.89. The number of benzene rings is 1. The van der Waals surface area contributed by atoms with Gasteiger partial charge in [-0.15, -0.1) is 0 Å². The molecule has 1 aromatic carbocycles. The molecule has 0 saturated carbocycles. The SMILES string of the molecule is CCNC(=O)Nc1ncnc2c1ncn2[C@@H]1O[C@H](COP(=O)([O-])CC(=O)O)C2O[C@H](/C=C/c3ccccc3)OC21. The van der Waals surface area contributed by atoms with Gasteiger partial charge in [0.25, 0.3) is 0 Å². The van der Waals surface area contributed by atoms with Crippen LogP contribution in [0.2, 0.25) is 0 Å². The second kappa shape index (κ2) is 11.8. The minimum Gasteiger partial charge on any atom is -0.778 e. The van der Waals surface area contributed by atoms with Crippen LogP contribution < -0.4 is 15.5 Å². The zero-order valence-electron chi connectivity index (χ0n) is 21.2. The number of urea groups is 1. The molecular formula is C24H26N6O9P-. The molecule has 2 aliphatic rings. The van der Waals surface area contributed by atoms with Crippen LogP contribution in [0.4, 0.5) is 10.6 Å². The highest BCUT2D eigenvalue weighted by molar-refractivity contribution is 7.52. The van der Waals surface area contributed by atoms with Crippen LogP contribution in [-0.4, -0.2) is 80.5 Å². The molecule has 3 N–H and O–H groups in total. The molecule has 5 rings (SSSR count). The van der Waals surface area contributed by atoms with E-state index < -0.39 is 63.2 Å². The molecule has 16 heteroatoms.